The van der Waals surface area contributed by atoms with Gasteiger partial charge in [0, 0.05) is 6.04 Å². The first-order chi connectivity index (χ1) is 7.32. The summed E-state index contributed by atoms with van der Waals surface area (Å²) in [5.41, 5.74) is 9.85. The van der Waals surface area contributed by atoms with Crippen molar-refractivity contribution in [1.29, 1.82) is 0 Å². The monoisotopic (exact) mass is 201 g/mol. The third kappa shape index (κ3) is 1.33. The Morgan fingerprint density at radius 1 is 1.07 bits per heavy atom. The van der Waals surface area contributed by atoms with Crippen LogP contribution in [-0.2, 0) is 6.42 Å². The molecule has 0 saturated heterocycles. The van der Waals surface area contributed by atoms with Gasteiger partial charge in [-0.25, -0.2) is 0 Å². The minimum Gasteiger partial charge on any atom is -0.323 e. The lowest BCUT2D eigenvalue weighted by atomic mass is 9.67. The average Bonchev–Trinajstić information content (AvgIpc) is 2.74. The maximum Gasteiger partial charge on any atom is 0.0354 e. The van der Waals surface area contributed by atoms with Crippen molar-refractivity contribution >= 4 is 0 Å². The van der Waals surface area contributed by atoms with E-state index in [0.29, 0.717) is 11.5 Å². The standard InChI is InChI=1S/C14H19N/c15-13-12-6-2-1-5-11(12)7-10-14(13)8-3-4-9-14/h1-2,5-6,13H,3-4,7-10,15H2/t13-/m1/s1. The molecule has 15 heavy (non-hydrogen) atoms. The highest BCUT2D eigenvalue weighted by Gasteiger charge is 2.42. The summed E-state index contributed by atoms with van der Waals surface area (Å²) < 4.78 is 0. The fourth-order valence-electron chi connectivity index (χ4n) is 3.57. The van der Waals surface area contributed by atoms with E-state index in [9.17, 15) is 0 Å². The maximum absolute atomic E-state index is 6.49. The summed E-state index contributed by atoms with van der Waals surface area (Å²) in [6.07, 6.45) is 8.02. The van der Waals surface area contributed by atoms with Gasteiger partial charge in [-0.3, -0.25) is 0 Å². The fraction of sp³-hybridized carbons (Fsp3) is 0.571. The van der Waals surface area contributed by atoms with Crippen LogP contribution in [0.2, 0.25) is 0 Å². The molecule has 0 aromatic heterocycles. The largest absolute Gasteiger partial charge is 0.323 e. The van der Waals surface area contributed by atoms with Crippen molar-refractivity contribution in [3.05, 3.63) is 35.4 Å². The molecular weight excluding hydrogens is 182 g/mol. The number of nitrogens with two attached hydrogens (primary N) is 1. The molecule has 2 N–H and O–H groups in total. The molecule has 2 aliphatic rings. The van der Waals surface area contributed by atoms with Gasteiger partial charge in [-0.15, -0.1) is 0 Å². The van der Waals surface area contributed by atoms with Crippen molar-refractivity contribution in [2.75, 3.05) is 0 Å². The number of hydrogen-bond donors (Lipinski definition) is 1. The zero-order chi connectivity index (χ0) is 10.3. The third-order valence-corrected chi connectivity index (χ3v) is 4.54. The fourth-order valence-corrected chi connectivity index (χ4v) is 3.57. The summed E-state index contributed by atoms with van der Waals surface area (Å²) >= 11 is 0. The second-order valence-electron chi connectivity index (χ2n) is 5.25. The van der Waals surface area contributed by atoms with Gasteiger partial charge in [0.05, 0.1) is 0 Å². The molecule has 1 atom stereocenters. The van der Waals surface area contributed by atoms with E-state index < -0.39 is 0 Å². The highest BCUT2D eigenvalue weighted by atomic mass is 14.7. The summed E-state index contributed by atoms with van der Waals surface area (Å²) in [7, 11) is 0. The Morgan fingerprint density at radius 2 is 1.80 bits per heavy atom. The molecule has 80 valence electrons. The zero-order valence-electron chi connectivity index (χ0n) is 9.21. The summed E-state index contributed by atoms with van der Waals surface area (Å²) in [5, 5.41) is 0. The predicted octanol–water partition coefficient (Wildman–Crippen LogP) is 3.19. The average molecular weight is 201 g/mol. The van der Waals surface area contributed by atoms with Crippen LogP contribution in [0.25, 0.3) is 0 Å². The van der Waals surface area contributed by atoms with Crippen LogP contribution in [0.3, 0.4) is 0 Å². The van der Waals surface area contributed by atoms with E-state index in [-0.39, 0.29) is 0 Å². The van der Waals surface area contributed by atoms with Crippen LogP contribution in [-0.4, -0.2) is 0 Å². The van der Waals surface area contributed by atoms with Crippen molar-refractivity contribution < 1.29 is 0 Å². The van der Waals surface area contributed by atoms with Gasteiger partial charge < -0.3 is 5.73 Å². The van der Waals surface area contributed by atoms with Crippen LogP contribution in [0.15, 0.2) is 24.3 Å². The molecule has 0 radical (unpaired) electrons. The minimum atomic E-state index is 0.296. The van der Waals surface area contributed by atoms with E-state index in [1.807, 2.05) is 0 Å². The van der Waals surface area contributed by atoms with Gasteiger partial charge in [0.1, 0.15) is 0 Å². The van der Waals surface area contributed by atoms with Gasteiger partial charge in [-0.1, -0.05) is 37.1 Å². The van der Waals surface area contributed by atoms with Crippen molar-refractivity contribution in [2.45, 2.75) is 44.6 Å². The summed E-state index contributed by atoms with van der Waals surface area (Å²) in [5.74, 6) is 0. The molecule has 0 heterocycles. The van der Waals surface area contributed by atoms with E-state index in [1.54, 1.807) is 0 Å². The Labute approximate surface area is 91.7 Å². The van der Waals surface area contributed by atoms with Crippen LogP contribution in [0.5, 0.6) is 0 Å². The van der Waals surface area contributed by atoms with Gasteiger partial charge in [0.25, 0.3) is 0 Å². The number of fused-ring (bicyclic) bond motifs is 1. The maximum atomic E-state index is 6.49. The van der Waals surface area contributed by atoms with E-state index in [4.69, 9.17) is 5.73 Å². The van der Waals surface area contributed by atoms with Gasteiger partial charge in [0.15, 0.2) is 0 Å². The van der Waals surface area contributed by atoms with Crippen LogP contribution in [0, 0.1) is 5.41 Å². The lowest BCUT2D eigenvalue weighted by molar-refractivity contribution is 0.197. The van der Waals surface area contributed by atoms with E-state index in [0.717, 1.165) is 0 Å². The minimum absolute atomic E-state index is 0.296. The molecule has 1 heteroatoms. The first-order valence-corrected chi connectivity index (χ1v) is 6.15. The zero-order valence-corrected chi connectivity index (χ0v) is 9.21. The van der Waals surface area contributed by atoms with Crippen molar-refractivity contribution in [3.8, 4) is 0 Å². The summed E-state index contributed by atoms with van der Waals surface area (Å²) in [6.45, 7) is 0. The van der Waals surface area contributed by atoms with Crippen molar-refractivity contribution in [2.24, 2.45) is 11.1 Å². The Kier molecular flexibility index (Phi) is 2.10. The molecular formula is C14H19N. The SMILES string of the molecule is N[C@@H]1c2ccccc2CCC12CCCC2. The third-order valence-electron chi connectivity index (χ3n) is 4.54. The Morgan fingerprint density at radius 3 is 2.60 bits per heavy atom. The topological polar surface area (TPSA) is 26.0 Å². The van der Waals surface area contributed by atoms with Gasteiger partial charge in [0.2, 0.25) is 0 Å². The molecule has 1 saturated carbocycles. The molecule has 2 aliphatic carbocycles. The Balaban J connectivity index is 2.01. The van der Waals surface area contributed by atoms with Crippen LogP contribution in [0.4, 0.5) is 0 Å². The predicted molar refractivity (Wildman–Crippen MR) is 62.6 cm³/mol. The van der Waals surface area contributed by atoms with Gasteiger partial charge >= 0.3 is 0 Å². The van der Waals surface area contributed by atoms with Crippen LogP contribution >= 0.6 is 0 Å². The molecule has 3 rings (SSSR count). The Bertz CT molecular complexity index is 363. The van der Waals surface area contributed by atoms with Gasteiger partial charge in [-0.2, -0.15) is 0 Å². The number of benzene rings is 1. The number of aryl methyl sites for hydroxylation is 1. The molecule has 1 aromatic carbocycles. The van der Waals surface area contributed by atoms with E-state index >= 15 is 0 Å². The lowest BCUT2D eigenvalue weighted by Gasteiger charge is -2.40. The molecule has 1 aromatic rings. The van der Waals surface area contributed by atoms with Crippen LogP contribution in [0.1, 0.15) is 49.3 Å². The van der Waals surface area contributed by atoms with Crippen LogP contribution < -0.4 is 5.73 Å². The molecule has 1 nitrogen and oxygen atoms in total. The highest BCUT2D eigenvalue weighted by Crippen LogP contribution is 2.52. The van der Waals surface area contributed by atoms with E-state index in [1.165, 1.54) is 49.7 Å². The smallest absolute Gasteiger partial charge is 0.0354 e. The quantitative estimate of drug-likeness (QED) is 0.685. The molecule has 0 aliphatic heterocycles. The molecule has 1 spiro atoms. The van der Waals surface area contributed by atoms with Crippen molar-refractivity contribution in [1.82, 2.24) is 0 Å². The molecule has 0 amide bonds. The molecule has 0 bridgehead atoms. The second-order valence-corrected chi connectivity index (χ2v) is 5.25. The van der Waals surface area contributed by atoms with Crippen molar-refractivity contribution in [3.63, 3.8) is 0 Å². The number of rotatable bonds is 0. The Hall–Kier alpha value is -0.820. The molecule has 1 fully saturated rings. The first kappa shape index (κ1) is 9.41. The molecule has 0 unspecified atom stereocenters. The van der Waals surface area contributed by atoms with Gasteiger partial charge in [-0.05, 0) is 42.2 Å². The second kappa shape index (κ2) is 3.34. The number of hydrogen-bond acceptors (Lipinski definition) is 1. The highest BCUT2D eigenvalue weighted by molar-refractivity contribution is 5.34. The normalized spacial score (nSPS) is 27.9. The van der Waals surface area contributed by atoms with E-state index in [2.05, 4.69) is 24.3 Å². The summed E-state index contributed by atoms with van der Waals surface area (Å²) in [6, 6.07) is 9.05. The first-order valence-electron chi connectivity index (χ1n) is 6.15. The lowest BCUT2D eigenvalue weighted by Crippen LogP contribution is -2.36. The summed E-state index contributed by atoms with van der Waals surface area (Å²) in [4.78, 5) is 0.